The highest BCUT2D eigenvalue weighted by atomic mass is 31.2. The SMILES string of the molecule is CCCC[C@@H](OC(=O)c1ccccc1)P(=O)(OC)OC(CCCCNC(=O)OCc1ccccc1)C(=O)N1CCC[C@H]1C(=O)O. The number of carboxylic acid groups (broad SMARTS) is 1. The third-order valence-corrected chi connectivity index (χ3v) is 9.54. The second-order valence-electron chi connectivity index (χ2n) is 10.7. The number of carbonyl (C=O) groups is 4. The van der Waals surface area contributed by atoms with Crippen LogP contribution in [0.5, 0.6) is 0 Å². The van der Waals surface area contributed by atoms with E-state index in [0.717, 1.165) is 5.56 Å². The molecule has 2 aromatic carbocycles. The van der Waals surface area contributed by atoms with Gasteiger partial charge in [-0.3, -0.25) is 13.9 Å². The van der Waals surface area contributed by atoms with Gasteiger partial charge in [0.05, 0.1) is 5.56 Å². The molecule has 0 radical (unpaired) electrons. The summed E-state index contributed by atoms with van der Waals surface area (Å²) in [4.78, 5) is 51.8. The van der Waals surface area contributed by atoms with Crippen molar-refractivity contribution in [2.45, 2.75) is 82.9 Å². The van der Waals surface area contributed by atoms with Crippen LogP contribution in [-0.4, -0.2) is 72.1 Å². The molecule has 2 N–H and O–H groups in total. The maximum Gasteiger partial charge on any atom is 0.407 e. The number of nitrogens with one attached hydrogen (secondary N) is 1. The smallest absolute Gasteiger partial charge is 0.407 e. The van der Waals surface area contributed by atoms with E-state index in [1.54, 1.807) is 30.3 Å². The van der Waals surface area contributed by atoms with Crippen molar-refractivity contribution < 1.29 is 47.4 Å². The van der Waals surface area contributed by atoms with Crippen molar-refractivity contribution in [1.29, 1.82) is 0 Å². The van der Waals surface area contributed by atoms with Gasteiger partial charge in [0.1, 0.15) is 18.8 Å². The molecule has 45 heavy (non-hydrogen) atoms. The standard InChI is InChI=1S/C32H43N2O10P/c1-3-4-20-28(43-31(38)25-16-9-6-10-17-25)45(40,41-2)44-27(29(35)34-22-13-18-26(34)30(36)37)19-11-12-21-33-32(39)42-23-24-14-7-5-8-15-24/h5-10,14-17,26-28H,3-4,11-13,18-23H2,1-2H3,(H,33,39)(H,36,37)/t26-,27?,28-,45?/m0/s1. The number of amides is 2. The summed E-state index contributed by atoms with van der Waals surface area (Å²) >= 11 is 0. The lowest BCUT2D eigenvalue weighted by atomic mass is 10.1. The van der Waals surface area contributed by atoms with Gasteiger partial charge in [-0.2, -0.15) is 0 Å². The molecule has 246 valence electrons. The molecule has 0 saturated carbocycles. The number of carboxylic acids is 1. The highest BCUT2D eigenvalue weighted by molar-refractivity contribution is 7.54. The van der Waals surface area contributed by atoms with E-state index in [9.17, 15) is 28.8 Å². The van der Waals surface area contributed by atoms with Crippen molar-refractivity contribution in [3.63, 3.8) is 0 Å². The lowest BCUT2D eigenvalue weighted by molar-refractivity contribution is -0.151. The van der Waals surface area contributed by atoms with Gasteiger partial charge in [-0.25, -0.2) is 14.4 Å². The Morgan fingerprint density at radius 1 is 1.00 bits per heavy atom. The number of unbranched alkanes of at least 4 members (excludes halogenated alkanes) is 2. The second kappa shape index (κ2) is 18.3. The Labute approximate surface area is 263 Å². The van der Waals surface area contributed by atoms with E-state index in [-0.39, 0.29) is 38.1 Å². The van der Waals surface area contributed by atoms with Crippen molar-refractivity contribution in [3.8, 4) is 0 Å². The molecule has 3 rings (SSSR count). The van der Waals surface area contributed by atoms with Gasteiger partial charge in [-0.15, -0.1) is 0 Å². The summed E-state index contributed by atoms with van der Waals surface area (Å²) < 4.78 is 36.4. The molecule has 0 aliphatic carbocycles. The first-order valence-electron chi connectivity index (χ1n) is 15.3. The van der Waals surface area contributed by atoms with Crippen molar-refractivity contribution >= 4 is 31.5 Å². The van der Waals surface area contributed by atoms with Crippen molar-refractivity contribution in [2.75, 3.05) is 20.2 Å². The van der Waals surface area contributed by atoms with Crippen molar-refractivity contribution in [3.05, 3.63) is 71.8 Å². The summed E-state index contributed by atoms with van der Waals surface area (Å²) in [5, 5.41) is 12.3. The molecule has 2 amide bonds. The fourth-order valence-corrected chi connectivity index (χ4v) is 6.68. The average Bonchev–Trinajstić information content (AvgIpc) is 3.56. The van der Waals surface area contributed by atoms with Crippen molar-refractivity contribution in [2.24, 2.45) is 0 Å². The van der Waals surface area contributed by atoms with Crippen LogP contribution in [0.25, 0.3) is 0 Å². The largest absolute Gasteiger partial charge is 0.480 e. The van der Waals surface area contributed by atoms with Gasteiger partial charge in [0.2, 0.25) is 5.85 Å². The normalized spacial score (nSPS) is 17.1. The number of carbonyl (C=O) groups excluding carboxylic acids is 3. The van der Waals surface area contributed by atoms with E-state index >= 15 is 0 Å². The second-order valence-corrected chi connectivity index (χ2v) is 12.9. The van der Waals surface area contributed by atoms with Gasteiger partial charge in [-0.05, 0) is 62.6 Å². The topological polar surface area (TPSA) is 158 Å². The van der Waals surface area contributed by atoms with Gasteiger partial charge >= 0.3 is 25.6 Å². The molecule has 1 aliphatic heterocycles. The number of esters is 1. The van der Waals surface area contributed by atoms with Gasteiger partial charge in [0.15, 0.2) is 0 Å². The van der Waals surface area contributed by atoms with E-state index in [1.807, 2.05) is 37.3 Å². The van der Waals surface area contributed by atoms with E-state index in [4.69, 9.17) is 18.5 Å². The number of likely N-dealkylation sites (tertiary alicyclic amines) is 1. The van der Waals surface area contributed by atoms with Crippen LogP contribution in [0.3, 0.4) is 0 Å². The number of benzene rings is 2. The van der Waals surface area contributed by atoms with Crippen LogP contribution in [0.4, 0.5) is 4.79 Å². The number of rotatable bonds is 18. The molecule has 12 nitrogen and oxygen atoms in total. The molecule has 13 heteroatoms. The zero-order valence-electron chi connectivity index (χ0n) is 25.8. The zero-order valence-corrected chi connectivity index (χ0v) is 26.7. The molecular formula is C32H43N2O10P. The van der Waals surface area contributed by atoms with Crippen LogP contribution in [-0.2, 0) is 39.3 Å². The van der Waals surface area contributed by atoms with Crippen LogP contribution in [0.15, 0.2) is 60.7 Å². The Balaban J connectivity index is 1.69. The Kier molecular flexibility index (Phi) is 14.5. The number of nitrogens with zero attached hydrogens (tertiary/aromatic N) is 1. The minimum absolute atomic E-state index is 0.0584. The Morgan fingerprint density at radius 3 is 2.33 bits per heavy atom. The van der Waals surface area contributed by atoms with Gasteiger partial charge in [0, 0.05) is 20.2 Å². The summed E-state index contributed by atoms with van der Waals surface area (Å²) in [5.41, 5.74) is 1.10. The summed E-state index contributed by atoms with van der Waals surface area (Å²) in [6, 6.07) is 16.4. The lowest BCUT2D eigenvalue weighted by Crippen LogP contribution is -2.46. The molecule has 4 atom stereocenters. The fourth-order valence-electron chi connectivity index (χ4n) is 4.94. The van der Waals surface area contributed by atoms with E-state index in [0.29, 0.717) is 38.5 Å². The summed E-state index contributed by atoms with van der Waals surface area (Å²) in [7, 11) is -3.08. The van der Waals surface area contributed by atoms with Gasteiger partial charge < -0.3 is 29.3 Å². The minimum Gasteiger partial charge on any atom is -0.480 e. The third-order valence-electron chi connectivity index (χ3n) is 7.41. The summed E-state index contributed by atoms with van der Waals surface area (Å²) in [5.74, 6) is -3.77. The first-order chi connectivity index (χ1) is 21.7. The monoisotopic (exact) mass is 646 g/mol. The maximum absolute atomic E-state index is 14.2. The molecular weight excluding hydrogens is 603 g/mol. The van der Waals surface area contributed by atoms with Crippen LogP contribution >= 0.6 is 7.60 Å². The molecule has 1 aliphatic rings. The molecule has 1 heterocycles. The zero-order chi connectivity index (χ0) is 32.7. The van der Waals surface area contributed by atoms with Crippen LogP contribution in [0.2, 0.25) is 0 Å². The Morgan fingerprint density at radius 2 is 1.69 bits per heavy atom. The van der Waals surface area contributed by atoms with Crippen LogP contribution in [0, 0.1) is 0 Å². The maximum atomic E-state index is 14.2. The number of hydrogen-bond donors (Lipinski definition) is 2. The van der Waals surface area contributed by atoms with Crippen LogP contribution < -0.4 is 5.32 Å². The summed E-state index contributed by atoms with van der Waals surface area (Å²) in [6.45, 7) is 2.50. The highest BCUT2D eigenvalue weighted by Gasteiger charge is 2.44. The van der Waals surface area contributed by atoms with Crippen molar-refractivity contribution in [1.82, 2.24) is 10.2 Å². The lowest BCUT2D eigenvalue weighted by Gasteiger charge is -2.31. The molecule has 0 spiro atoms. The predicted molar refractivity (Wildman–Crippen MR) is 166 cm³/mol. The van der Waals surface area contributed by atoms with Crippen LogP contribution in [0.1, 0.15) is 74.2 Å². The fraction of sp³-hybridized carbons (Fsp3) is 0.500. The molecule has 2 aromatic rings. The molecule has 0 bridgehead atoms. The minimum atomic E-state index is -4.25. The Hall–Kier alpha value is -3.73. The average molecular weight is 647 g/mol. The summed E-state index contributed by atoms with van der Waals surface area (Å²) in [6.07, 6.45) is 1.12. The highest BCUT2D eigenvalue weighted by Crippen LogP contribution is 2.56. The first kappa shape index (κ1) is 35.7. The predicted octanol–water partition coefficient (Wildman–Crippen LogP) is 5.76. The number of ether oxygens (including phenoxy) is 2. The van der Waals surface area contributed by atoms with E-state index in [2.05, 4.69) is 5.32 Å². The Bertz CT molecular complexity index is 1290. The number of hydrogen-bond acceptors (Lipinski definition) is 9. The van der Waals surface area contributed by atoms with Gasteiger partial charge in [-0.1, -0.05) is 61.9 Å². The molecule has 1 saturated heterocycles. The van der Waals surface area contributed by atoms with Gasteiger partial charge in [0.25, 0.3) is 5.91 Å². The third kappa shape index (κ3) is 11.0. The molecule has 0 aromatic heterocycles. The van der Waals surface area contributed by atoms with E-state index < -0.39 is 49.5 Å². The first-order valence-corrected chi connectivity index (χ1v) is 16.9. The quantitative estimate of drug-likeness (QED) is 0.116. The number of alkyl carbamates (subject to hydrolysis) is 1. The molecule has 1 fully saturated rings. The van der Waals surface area contributed by atoms with E-state index in [1.165, 1.54) is 12.0 Å². The number of aliphatic carboxylic acids is 1. The molecule has 2 unspecified atom stereocenters.